The van der Waals surface area contributed by atoms with Gasteiger partial charge in [-0.25, -0.2) is 9.97 Å². The number of pyridine rings is 1. The summed E-state index contributed by atoms with van der Waals surface area (Å²) < 4.78 is 0. The Bertz CT molecular complexity index is 1460. The number of H-pyrrole nitrogens is 1. The minimum atomic E-state index is -0.268. The normalized spacial score (nSPS) is 25.9. The van der Waals surface area contributed by atoms with Crippen molar-refractivity contribution >= 4 is 28.4 Å². The van der Waals surface area contributed by atoms with Crippen LogP contribution in [0.1, 0.15) is 42.5 Å². The van der Waals surface area contributed by atoms with E-state index in [1.165, 1.54) is 43.2 Å². The van der Waals surface area contributed by atoms with E-state index in [0.29, 0.717) is 51.3 Å². The third-order valence-electron chi connectivity index (χ3n) is 8.59. The van der Waals surface area contributed by atoms with Crippen molar-refractivity contribution in [3.05, 3.63) is 66.4 Å². The van der Waals surface area contributed by atoms with Gasteiger partial charge in [-0.15, -0.1) is 0 Å². The molecule has 188 valence electrons. The maximum absolute atomic E-state index is 13.1. The Labute approximate surface area is 214 Å². The first-order valence-electron chi connectivity index (χ1n) is 13.0. The lowest BCUT2D eigenvalue weighted by atomic mass is 9.54. The molecule has 4 aliphatic rings. The number of carbonyl (C=O) groups excluding carboxylic acids is 1. The van der Waals surface area contributed by atoms with Crippen LogP contribution in [0.2, 0.25) is 0 Å². The first-order chi connectivity index (χ1) is 18.0. The average Bonchev–Trinajstić information content (AvgIpc) is 3.32. The van der Waals surface area contributed by atoms with Crippen LogP contribution in [0.25, 0.3) is 22.4 Å². The van der Waals surface area contributed by atoms with Crippen molar-refractivity contribution in [1.29, 1.82) is 0 Å². The second-order valence-corrected chi connectivity index (χ2v) is 10.9. The predicted molar refractivity (Wildman–Crippen MR) is 138 cm³/mol. The van der Waals surface area contributed by atoms with Gasteiger partial charge >= 0.3 is 0 Å². The van der Waals surface area contributed by atoms with Gasteiger partial charge < -0.3 is 15.4 Å². The number of rotatable bonds is 5. The molecule has 2 heterocycles. The lowest BCUT2D eigenvalue weighted by molar-refractivity contribution is -0.267. The first kappa shape index (κ1) is 22.3. The van der Waals surface area contributed by atoms with Crippen LogP contribution in [0.3, 0.4) is 0 Å². The Morgan fingerprint density at radius 3 is 2.49 bits per heavy atom. The van der Waals surface area contributed by atoms with Gasteiger partial charge in [0.2, 0.25) is 0 Å². The van der Waals surface area contributed by atoms with Gasteiger partial charge in [-0.2, -0.15) is 0 Å². The number of aromatic nitrogens is 3. The molecule has 8 heteroatoms. The monoisotopic (exact) mass is 494 g/mol. The minimum Gasteiger partial charge on any atom is -0.871 e. The summed E-state index contributed by atoms with van der Waals surface area (Å²) in [4.78, 5) is 24.6. The zero-order valence-electron chi connectivity index (χ0n) is 20.3. The molecule has 4 fully saturated rings. The molecule has 2 aromatic carbocycles. The highest BCUT2D eigenvalue weighted by molar-refractivity contribution is 6.05. The molecule has 0 saturated heterocycles. The fraction of sp³-hybridized carbons (Fsp3) is 0.345. The van der Waals surface area contributed by atoms with Crippen molar-refractivity contribution in [1.82, 2.24) is 15.0 Å². The molecule has 0 radical (unpaired) electrons. The van der Waals surface area contributed by atoms with Crippen molar-refractivity contribution < 1.29 is 15.1 Å². The van der Waals surface area contributed by atoms with E-state index in [2.05, 4.69) is 20.3 Å². The molecule has 4 bridgehead atoms. The number of imidazole rings is 1. The Morgan fingerprint density at radius 2 is 1.78 bits per heavy atom. The van der Waals surface area contributed by atoms with Crippen LogP contribution in [0.4, 0.5) is 11.5 Å². The molecule has 2 aromatic heterocycles. The van der Waals surface area contributed by atoms with Crippen LogP contribution in [0, 0.1) is 23.7 Å². The molecule has 8 nitrogen and oxygen atoms in total. The van der Waals surface area contributed by atoms with Gasteiger partial charge in [-0.1, -0.05) is 17.9 Å². The summed E-state index contributed by atoms with van der Waals surface area (Å²) in [6.45, 7) is 0. The van der Waals surface area contributed by atoms with Gasteiger partial charge in [0.05, 0.1) is 22.8 Å². The molecular formula is C29H28N5O3-. The van der Waals surface area contributed by atoms with E-state index in [1.807, 2.05) is 12.1 Å². The predicted octanol–water partition coefficient (Wildman–Crippen LogP) is 4.97. The van der Waals surface area contributed by atoms with Gasteiger partial charge in [0.25, 0.3) is 5.91 Å². The molecule has 0 aliphatic heterocycles. The van der Waals surface area contributed by atoms with Crippen LogP contribution in [0.5, 0.6) is 5.75 Å². The van der Waals surface area contributed by atoms with Crippen LogP contribution in [-0.4, -0.2) is 32.1 Å². The highest BCUT2D eigenvalue weighted by atomic mass is 16.5. The number of anilines is 2. The third kappa shape index (κ3) is 3.92. The summed E-state index contributed by atoms with van der Waals surface area (Å²) in [5.74, 6) is 3.08. The minimum absolute atomic E-state index is 0.0354. The first-order valence-corrected chi connectivity index (χ1v) is 13.0. The summed E-state index contributed by atoms with van der Waals surface area (Å²) >= 11 is 0. The molecule has 8 rings (SSSR count). The molecule has 37 heavy (non-hydrogen) atoms. The molecule has 0 spiro atoms. The van der Waals surface area contributed by atoms with Crippen molar-refractivity contribution in [2.24, 2.45) is 23.7 Å². The highest BCUT2D eigenvalue weighted by Gasteiger charge is 2.50. The maximum Gasteiger partial charge on any atom is 0.256 e. The second kappa shape index (κ2) is 8.59. The number of fused-ring (bicyclic) bond motifs is 1. The summed E-state index contributed by atoms with van der Waals surface area (Å²) in [6, 6.07) is 15.6. The number of nitrogens with zero attached hydrogens (tertiary/aromatic N) is 3. The number of hydrogen-bond donors (Lipinski definition) is 3. The average molecular weight is 495 g/mol. The van der Waals surface area contributed by atoms with Crippen molar-refractivity contribution in [2.75, 3.05) is 10.4 Å². The van der Waals surface area contributed by atoms with E-state index in [4.69, 9.17) is 0 Å². The lowest BCUT2D eigenvalue weighted by Gasteiger charge is -2.56. The highest BCUT2D eigenvalue weighted by Crippen LogP contribution is 2.55. The van der Waals surface area contributed by atoms with E-state index in [-0.39, 0.29) is 17.7 Å². The number of hydrogen-bond acceptors (Lipinski definition) is 6. The Hall–Kier alpha value is -3.91. The number of nitrogens with one attached hydrogen (secondary N) is 2. The molecule has 4 aliphatic carbocycles. The van der Waals surface area contributed by atoms with E-state index in [0.717, 1.165) is 11.8 Å². The number of carbonyl (C=O) groups is 1. The summed E-state index contributed by atoms with van der Waals surface area (Å²) in [6.07, 6.45) is 7.64. The van der Waals surface area contributed by atoms with Gasteiger partial charge in [-0.05, 0) is 98.2 Å². The van der Waals surface area contributed by atoms with E-state index < -0.39 is 0 Å². The lowest BCUT2D eigenvalue weighted by Crippen LogP contribution is -2.55. The van der Waals surface area contributed by atoms with E-state index >= 15 is 0 Å². The van der Waals surface area contributed by atoms with Crippen LogP contribution >= 0.6 is 0 Å². The topological polar surface area (TPSA) is 117 Å². The quantitative estimate of drug-likeness (QED) is 0.337. The smallest absolute Gasteiger partial charge is 0.256 e. The van der Waals surface area contributed by atoms with Crippen molar-refractivity contribution in [3.8, 4) is 17.1 Å². The van der Waals surface area contributed by atoms with Gasteiger partial charge in [0.1, 0.15) is 11.6 Å². The fourth-order valence-corrected chi connectivity index (χ4v) is 7.22. The fourth-order valence-electron chi connectivity index (χ4n) is 7.22. The van der Waals surface area contributed by atoms with Gasteiger partial charge in [-0.3, -0.25) is 15.1 Å². The van der Waals surface area contributed by atoms with Crippen LogP contribution in [0.15, 0.2) is 60.8 Å². The summed E-state index contributed by atoms with van der Waals surface area (Å²) in [5.41, 5.74) is 2.84. The molecule has 1 amide bonds. The van der Waals surface area contributed by atoms with Gasteiger partial charge in [0.15, 0.2) is 0 Å². The SMILES string of the molecule is O=C(Nc1ccccn1)c1ccc2nc(-c3ccc(N(O)C4C5CC6CC(C5)CC4C6)c([O-])c3)[nH]c2c1. The molecule has 4 saturated carbocycles. The van der Waals surface area contributed by atoms with Crippen LogP contribution < -0.4 is 15.5 Å². The number of aromatic amines is 1. The van der Waals surface area contributed by atoms with Crippen LogP contribution in [-0.2, 0) is 0 Å². The van der Waals surface area contributed by atoms with Crippen molar-refractivity contribution in [3.63, 3.8) is 0 Å². The van der Waals surface area contributed by atoms with Crippen molar-refractivity contribution in [2.45, 2.75) is 38.1 Å². The Morgan fingerprint density at radius 1 is 1.00 bits per heavy atom. The standard InChI is InChI=1S/C29H29N5O3/c35-25-15-18(5-7-24(25)34(37)27-20-10-16-9-17(12-20)13-21(27)11-16)28-31-22-6-4-19(14-23(22)32-28)29(36)33-26-3-1-2-8-30-26/h1-8,14-17,20-21,27,35,37H,9-13H2,(H,31,32)(H,30,33,36)/p-1. The molecular weight excluding hydrogens is 466 g/mol. The molecule has 0 unspecified atom stereocenters. The molecule has 3 N–H and O–H groups in total. The number of amides is 1. The Kier molecular flexibility index (Phi) is 5.18. The summed E-state index contributed by atoms with van der Waals surface area (Å²) in [7, 11) is 0. The zero-order chi connectivity index (χ0) is 25.1. The number of hydroxylamine groups is 1. The molecule has 4 aromatic rings. The maximum atomic E-state index is 13.1. The third-order valence-corrected chi connectivity index (χ3v) is 8.59. The van der Waals surface area contributed by atoms with Gasteiger partial charge in [0, 0.05) is 17.3 Å². The number of benzene rings is 2. The van der Waals surface area contributed by atoms with E-state index in [1.54, 1.807) is 42.6 Å². The summed E-state index contributed by atoms with van der Waals surface area (Å²) in [5, 5.41) is 28.3. The van der Waals surface area contributed by atoms with E-state index in [9.17, 15) is 15.1 Å². The second-order valence-electron chi connectivity index (χ2n) is 10.9. The largest absolute Gasteiger partial charge is 0.871 e. The Balaban J connectivity index is 1.12. The molecule has 0 atom stereocenters. The zero-order valence-corrected chi connectivity index (χ0v) is 20.3.